The first-order valence-electron chi connectivity index (χ1n) is 8.23. The molecule has 6 heteroatoms. The number of ether oxygens (including phenoxy) is 1. The minimum Gasteiger partial charge on any atom is -0.444 e. The second kappa shape index (κ2) is 7.55. The molecule has 1 aliphatic heterocycles. The largest absolute Gasteiger partial charge is 0.444 e. The first-order valence-corrected chi connectivity index (χ1v) is 9.02. The summed E-state index contributed by atoms with van der Waals surface area (Å²) in [6, 6.07) is 7.49. The molecule has 2 amide bonds. The molecule has 132 valence electrons. The van der Waals surface area contributed by atoms with E-state index in [-0.39, 0.29) is 11.9 Å². The number of nitrogens with one attached hydrogen (secondary N) is 1. The SMILES string of the molecule is C[C@H](NC(=O)OC(C)(C)C)C(=O)N1CCC[C@H]1c1ccc(Br)cc1. The van der Waals surface area contributed by atoms with Gasteiger partial charge in [0.15, 0.2) is 0 Å². The Labute approximate surface area is 151 Å². The van der Waals surface area contributed by atoms with Crippen molar-refractivity contribution in [1.82, 2.24) is 10.2 Å². The van der Waals surface area contributed by atoms with Gasteiger partial charge >= 0.3 is 6.09 Å². The number of amides is 2. The van der Waals surface area contributed by atoms with Crippen LogP contribution in [-0.4, -0.2) is 35.1 Å². The third-order valence-corrected chi connectivity index (χ3v) is 4.42. The number of hydrogen-bond donors (Lipinski definition) is 1. The Balaban J connectivity index is 2.02. The Hall–Kier alpha value is -1.56. The fourth-order valence-corrected chi connectivity index (χ4v) is 3.12. The van der Waals surface area contributed by atoms with E-state index in [1.165, 1.54) is 0 Å². The monoisotopic (exact) mass is 396 g/mol. The Morgan fingerprint density at radius 2 is 1.92 bits per heavy atom. The molecule has 0 unspecified atom stereocenters. The smallest absolute Gasteiger partial charge is 0.408 e. The van der Waals surface area contributed by atoms with E-state index in [9.17, 15) is 9.59 Å². The number of hydrogen-bond acceptors (Lipinski definition) is 3. The fraction of sp³-hybridized carbons (Fsp3) is 0.556. The molecule has 1 aromatic carbocycles. The van der Waals surface area contributed by atoms with Crippen LogP contribution in [0.25, 0.3) is 0 Å². The lowest BCUT2D eigenvalue weighted by Crippen LogP contribution is -2.47. The van der Waals surface area contributed by atoms with Crippen molar-refractivity contribution < 1.29 is 14.3 Å². The third-order valence-electron chi connectivity index (χ3n) is 3.89. The van der Waals surface area contributed by atoms with Crippen molar-refractivity contribution in [2.45, 2.75) is 58.2 Å². The van der Waals surface area contributed by atoms with Crippen LogP contribution in [0.1, 0.15) is 52.1 Å². The zero-order valence-corrected chi connectivity index (χ0v) is 16.2. The maximum Gasteiger partial charge on any atom is 0.408 e. The van der Waals surface area contributed by atoms with Gasteiger partial charge in [0.1, 0.15) is 11.6 Å². The van der Waals surface area contributed by atoms with E-state index in [1.807, 2.05) is 29.2 Å². The van der Waals surface area contributed by atoms with Gasteiger partial charge in [0.05, 0.1) is 6.04 Å². The highest BCUT2D eigenvalue weighted by molar-refractivity contribution is 9.10. The number of carbonyl (C=O) groups is 2. The third kappa shape index (κ3) is 4.97. The molecule has 2 atom stereocenters. The van der Waals surface area contributed by atoms with Crippen molar-refractivity contribution in [1.29, 1.82) is 0 Å². The van der Waals surface area contributed by atoms with Gasteiger partial charge in [-0.25, -0.2) is 4.79 Å². The quantitative estimate of drug-likeness (QED) is 0.838. The molecular weight excluding hydrogens is 372 g/mol. The van der Waals surface area contributed by atoms with Gasteiger partial charge in [0.25, 0.3) is 0 Å². The lowest BCUT2D eigenvalue weighted by Gasteiger charge is -2.29. The van der Waals surface area contributed by atoms with Crippen LogP contribution >= 0.6 is 15.9 Å². The van der Waals surface area contributed by atoms with Crippen molar-refractivity contribution in [3.8, 4) is 0 Å². The Kier molecular flexibility index (Phi) is 5.91. The van der Waals surface area contributed by atoms with Crippen LogP contribution in [0, 0.1) is 0 Å². The van der Waals surface area contributed by atoms with E-state index in [0.29, 0.717) is 6.54 Å². The van der Waals surface area contributed by atoms with Crippen LogP contribution in [0.5, 0.6) is 0 Å². The average Bonchev–Trinajstić information content (AvgIpc) is 2.94. The van der Waals surface area contributed by atoms with E-state index in [1.54, 1.807) is 27.7 Å². The molecule has 1 N–H and O–H groups in total. The number of rotatable bonds is 3. The maximum atomic E-state index is 12.7. The molecule has 0 bridgehead atoms. The Morgan fingerprint density at radius 3 is 2.50 bits per heavy atom. The van der Waals surface area contributed by atoms with E-state index >= 15 is 0 Å². The van der Waals surface area contributed by atoms with E-state index in [0.717, 1.165) is 22.9 Å². The molecule has 1 heterocycles. The first-order chi connectivity index (χ1) is 11.2. The number of nitrogens with zero attached hydrogens (tertiary/aromatic N) is 1. The molecule has 0 aromatic heterocycles. The van der Waals surface area contributed by atoms with Crippen molar-refractivity contribution in [2.24, 2.45) is 0 Å². The van der Waals surface area contributed by atoms with Crippen LogP contribution in [0.4, 0.5) is 4.79 Å². The molecule has 2 rings (SSSR count). The molecule has 1 aromatic rings. The fourth-order valence-electron chi connectivity index (χ4n) is 2.86. The second-order valence-electron chi connectivity index (χ2n) is 7.11. The summed E-state index contributed by atoms with van der Waals surface area (Å²) in [4.78, 5) is 26.5. The molecule has 1 aliphatic rings. The number of alkyl carbamates (subject to hydrolysis) is 1. The standard InChI is InChI=1S/C18H25BrN2O3/c1-12(20-17(23)24-18(2,3)4)16(22)21-11-5-6-15(21)13-7-9-14(19)10-8-13/h7-10,12,15H,5-6,11H2,1-4H3,(H,20,23)/t12-,15-/m0/s1. The van der Waals surface area contributed by atoms with E-state index in [4.69, 9.17) is 4.74 Å². The van der Waals surface area contributed by atoms with Crippen LogP contribution < -0.4 is 5.32 Å². The minimum absolute atomic E-state index is 0.0634. The molecule has 0 saturated carbocycles. The summed E-state index contributed by atoms with van der Waals surface area (Å²) in [5.74, 6) is -0.0775. The van der Waals surface area contributed by atoms with E-state index in [2.05, 4.69) is 21.2 Å². The van der Waals surface area contributed by atoms with Gasteiger partial charge < -0.3 is 15.0 Å². The molecular formula is C18H25BrN2O3. The lowest BCUT2D eigenvalue weighted by molar-refractivity contribution is -0.134. The minimum atomic E-state index is -0.615. The summed E-state index contributed by atoms with van der Waals surface area (Å²) in [5.41, 5.74) is 0.536. The van der Waals surface area contributed by atoms with Crippen LogP contribution in [0.2, 0.25) is 0 Å². The van der Waals surface area contributed by atoms with Gasteiger partial charge in [-0.3, -0.25) is 4.79 Å². The zero-order chi connectivity index (χ0) is 17.9. The van der Waals surface area contributed by atoms with Crippen LogP contribution in [0.3, 0.4) is 0 Å². The van der Waals surface area contributed by atoms with Crippen LogP contribution in [-0.2, 0) is 9.53 Å². The van der Waals surface area contributed by atoms with Gasteiger partial charge in [-0.05, 0) is 58.2 Å². The van der Waals surface area contributed by atoms with Gasteiger partial charge in [0.2, 0.25) is 5.91 Å². The Bertz CT molecular complexity index is 595. The molecule has 24 heavy (non-hydrogen) atoms. The van der Waals surface area contributed by atoms with Crippen molar-refractivity contribution in [3.05, 3.63) is 34.3 Å². The molecule has 0 radical (unpaired) electrons. The van der Waals surface area contributed by atoms with Gasteiger partial charge in [-0.15, -0.1) is 0 Å². The highest BCUT2D eigenvalue weighted by Crippen LogP contribution is 2.33. The summed E-state index contributed by atoms with van der Waals surface area (Å²) in [5, 5.41) is 2.63. The first kappa shape index (κ1) is 18.8. The summed E-state index contributed by atoms with van der Waals surface area (Å²) < 4.78 is 6.24. The summed E-state index contributed by atoms with van der Waals surface area (Å²) in [7, 11) is 0. The number of halogens is 1. The second-order valence-corrected chi connectivity index (χ2v) is 8.02. The van der Waals surface area contributed by atoms with Crippen molar-refractivity contribution >= 4 is 27.9 Å². The number of carbonyl (C=O) groups excluding carboxylic acids is 2. The molecule has 1 fully saturated rings. The maximum absolute atomic E-state index is 12.7. The van der Waals surface area contributed by atoms with Crippen molar-refractivity contribution in [3.63, 3.8) is 0 Å². The predicted molar refractivity (Wildman–Crippen MR) is 96.7 cm³/mol. The van der Waals surface area contributed by atoms with Gasteiger partial charge in [-0.1, -0.05) is 28.1 Å². The van der Waals surface area contributed by atoms with E-state index < -0.39 is 17.7 Å². The normalized spacial score (nSPS) is 19.0. The number of benzene rings is 1. The summed E-state index contributed by atoms with van der Waals surface area (Å²) >= 11 is 3.43. The van der Waals surface area contributed by atoms with Crippen LogP contribution in [0.15, 0.2) is 28.7 Å². The lowest BCUT2D eigenvalue weighted by atomic mass is 10.0. The predicted octanol–water partition coefficient (Wildman–Crippen LogP) is 4.03. The highest BCUT2D eigenvalue weighted by atomic mass is 79.9. The topological polar surface area (TPSA) is 58.6 Å². The average molecular weight is 397 g/mol. The molecule has 0 spiro atoms. The van der Waals surface area contributed by atoms with Crippen molar-refractivity contribution in [2.75, 3.05) is 6.54 Å². The number of likely N-dealkylation sites (tertiary alicyclic amines) is 1. The Morgan fingerprint density at radius 1 is 1.29 bits per heavy atom. The highest BCUT2D eigenvalue weighted by Gasteiger charge is 2.33. The molecule has 1 saturated heterocycles. The molecule has 5 nitrogen and oxygen atoms in total. The summed E-state index contributed by atoms with van der Waals surface area (Å²) in [6.45, 7) is 7.79. The summed E-state index contributed by atoms with van der Waals surface area (Å²) in [6.07, 6.45) is 1.33. The van der Waals surface area contributed by atoms with Gasteiger partial charge in [-0.2, -0.15) is 0 Å². The molecule has 0 aliphatic carbocycles. The van der Waals surface area contributed by atoms with Gasteiger partial charge in [0, 0.05) is 11.0 Å². The zero-order valence-electron chi connectivity index (χ0n) is 14.6.